The third kappa shape index (κ3) is 5.47. The minimum Gasteiger partial charge on any atom is -0.390 e. The van der Waals surface area contributed by atoms with E-state index in [1.807, 2.05) is 23.9 Å². The zero-order valence-corrected chi connectivity index (χ0v) is 21.5. The maximum Gasteiger partial charge on any atom is 0.141 e. The Bertz CT molecular complexity index is 1510. The molecule has 0 unspecified atom stereocenters. The summed E-state index contributed by atoms with van der Waals surface area (Å²) in [6.45, 7) is 2.29. The summed E-state index contributed by atoms with van der Waals surface area (Å²) in [5, 5.41) is 35.9. The first-order valence-electron chi connectivity index (χ1n) is 11.8. The molecule has 190 valence electrons. The lowest BCUT2D eigenvalue weighted by Crippen LogP contribution is -2.31. The number of aliphatic hydroxyl groups is 1. The Morgan fingerprint density at radius 3 is 2.68 bits per heavy atom. The van der Waals surface area contributed by atoms with E-state index in [2.05, 4.69) is 32.0 Å². The van der Waals surface area contributed by atoms with Crippen molar-refractivity contribution >= 4 is 51.2 Å². The van der Waals surface area contributed by atoms with Gasteiger partial charge in [-0.15, -0.1) is 5.10 Å². The minimum atomic E-state index is -0.603. The normalized spacial score (nSPS) is 19.5. The summed E-state index contributed by atoms with van der Waals surface area (Å²) >= 11 is 12.5. The molecule has 1 aliphatic carbocycles. The number of rotatable bonds is 6. The van der Waals surface area contributed by atoms with Gasteiger partial charge in [-0.2, -0.15) is 5.26 Å². The van der Waals surface area contributed by atoms with Crippen molar-refractivity contribution in [3.8, 4) is 6.07 Å². The molecule has 2 aromatic heterocycles. The lowest BCUT2D eigenvalue weighted by atomic mass is 9.84. The molecule has 8 nitrogen and oxygen atoms in total. The molecule has 4 aromatic rings. The number of aromatic nitrogens is 4. The molecule has 1 aliphatic rings. The number of nitriles is 1. The fourth-order valence-electron chi connectivity index (χ4n) is 4.55. The first-order valence-corrected chi connectivity index (χ1v) is 12.6. The molecule has 0 saturated heterocycles. The molecule has 0 radical (unpaired) electrons. The van der Waals surface area contributed by atoms with Gasteiger partial charge in [0, 0.05) is 23.0 Å². The van der Waals surface area contributed by atoms with Crippen LogP contribution in [-0.2, 0) is 6.54 Å². The summed E-state index contributed by atoms with van der Waals surface area (Å²) in [5.74, 6) is -0.533. The molecule has 11 heteroatoms. The van der Waals surface area contributed by atoms with Gasteiger partial charge < -0.3 is 15.7 Å². The van der Waals surface area contributed by atoms with Crippen molar-refractivity contribution in [2.75, 3.05) is 10.6 Å². The van der Waals surface area contributed by atoms with Gasteiger partial charge in [0.1, 0.15) is 17.6 Å². The molecule has 0 bridgehead atoms. The maximum atomic E-state index is 13.6. The van der Waals surface area contributed by atoms with Crippen LogP contribution in [0.5, 0.6) is 0 Å². The lowest BCUT2D eigenvalue weighted by Gasteiger charge is -2.32. The van der Waals surface area contributed by atoms with Crippen molar-refractivity contribution < 1.29 is 9.50 Å². The molecule has 2 aromatic carbocycles. The summed E-state index contributed by atoms with van der Waals surface area (Å²) in [5.41, 5.74) is 2.69. The van der Waals surface area contributed by atoms with Gasteiger partial charge in [0.2, 0.25) is 0 Å². The van der Waals surface area contributed by atoms with E-state index >= 15 is 0 Å². The Morgan fingerprint density at radius 2 is 1.95 bits per heavy atom. The van der Waals surface area contributed by atoms with Crippen molar-refractivity contribution in [2.24, 2.45) is 0 Å². The van der Waals surface area contributed by atoms with Crippen LogP contribution in [-0.4, -0.2) is 30.7 Å². The first-order chi connectivity index (χ1) is 17.7. The van der Waals surface area contributed by atoms with Gasteiger partial charge in [-0.05, 0) is 62.9 Å². The molecule has 2 heterocycles. The monoisotopic (exact) mass is 539 g/mol. The number of benzene rings is 2. The van der Waals surface area contributed by atoms with Crippen LogP contribution in [0.3, 0.4) is 0 Å². The van der Waals surface area contributed by atoms with E-state index in [0.717, 1.165) is 31.4 Å². The van der Waals surface area contributed by atoms with Crippen LogP contribution in [0.15, 0.2) is 42.7 Å². The molecule has 5 rings (SSSR count). The highest BCUT2D eigenvalue weighted by molar-refractivity contribution is 6.36. The summed E-state index contributed by atoms with van der Waals surface area (Å²) < 4.78 is 15.5. The lowest BCUT2D eigenvalue weighted by molar-refractivity contribution is 0.00829. The highest BCUT2D eigenvalue weighted by Gasteiger charge is 2.30. The van der Waals surface area contributed by atoms with E-state index in [0.29, 0.717) is 45.1 Å². The van der Waals surface area contributed by atoms with Crippen LogP contribution < -0.4 is 10.6 Å². The third-order valence-corrected chi connectivity index (χ3v) is 7.25. The quantitative estimate of drug-likeness (QED) is 0.261. The number of nitrogens with one attached hydrogen (secondary N) is 2. The molecule has 37 heavy (non-hydrogen) atoms. The van der Waals surface area contributed by atoms with Gasteiger partial charge in [0.25, 0.3) is 0 Å². The van der Waals surface area contributed by atoms with Gasteiger partial charge in [0.15, 0.2) is 0 Å². The van der Waals surface area contributed by atoms with Crippen LogP contribution in [0.2, 0.25) is 10.0 Å². The zero-order chi connectivity index (χ0) is 26.2. The minimum absolute atomic E-state index is 0.0334. The summed E-state index contributed by atoms with van der Waals surface area (Å²) in [6.07, 6.45) is 6.54. The van der Waals surface area contributed by atoms with Crippen LogP contribution >= 0.6 is 23.2 Å². The van der Waals surface area contributed by atoms with Gasteiger partial charge in [-0.3, -0.25) is 4.98 Å². The van der Waals surface area contributed by atoms with E-state index in [9.17, 15) is 14.8 Å². The Balaban J connectivity index is 1.39. The third-order valence-electron chi connectivity index (χ3n) is 6.67. The van der Waals surface area contributed by atoms with Crippen molar-refractivity contribution in [3.63, 3.8) is 0 Å². The van der Waals surface area contributed by atoms with Crippen LogP contribution in [0.25, 0.3) is 10.9 Å². The van der Waals surface area contributed by atoms with Crippen LogP contribution in [0.4, 0.5) is 21.5 Å². The Hall–Kier alpha value is -3.45. The second-order valence-electron chi connectivity index (χ2n) is 9.54. The molecular weight excluding hydrogens is 516 g/mol. The number of anilines is 3. The summed E-state index contributed by atoms with van der Waals surface area (Å²) in [7, 11) is 0. The first kappa shape index (κ1) is 25.2. The molecule has 0 aliphatic heterocycles. The number of halogens is 3. The highest BCUT2D eigenvalue weighted by atomic mass is 35.5. The molecule has 3 N–H and O–H groups in total. The molecule has 1 fully saturated rings. The predicted octanol–water partition coefficient (Wildman–Crippen LogP) is 6.37. The SMILES string of the molecule is CC1(O)CCC(n2cc(CNc3cc(Cl)c4ncc(C#N)c(Nc5ccc(F)c(Cl)c5)c4c3)nn2)CC1. The smallest absolute Gasteiger partial charge is 0.141 e. The van der Waals surface area contributed by atoms with Crippen molar-refractivity contribution in [3.05, 3.63) is 69.8 Å². The largest absolute Gasteiger partial charge is 0.390 e. The highest BCUT2D eigenvalue weighted by Crippen LogP contribution is 2.36. The van der Waals surface area contributed by atoms with Gasteiger partial charge in [-0.1, -0.05) is 28.4 Å². The number of nitrogens with zero attached hydrogens (tertiary/aromatic N) is 5. The van der Waals surface area contributed by atoms with E-state index in [1.165, 1.54) is 24.4 Å². The number of pyridine rings is 1. The van der Waals surface area contributed by atoms with Gasteiger partial charge in [-0.25, -0.2) is 9.07 Å². The number of hydrogen-bond acceptors (Lipinski definition) is 7. The van der Waals surface area contributed by atoms with E-state index in [4.69, 9.17) is 23.2 Å². The van der Waals surface area contributed by atoms with E-state index in [1.54, 1.807) is 6.07 Å². The fraction of sp³-hybridized carbons (Fsp3) is 0.308. The average Bonchev–Trinajstić information content (AvgIpc) is 3.34. The number of hydrogen-bond donors (Lipinski definition) is 3. The fourth-order valence-corrected chi connectivity index (χ4v) is 5.00. The maximum absolute atomic E-state index is 13.6. The Morgan fingerprint density at radius 1 is 1.19 bits per heavy atom. The molecule has 0 spiro atoms. The van der Waals surface area contributed by atoms with Crippen molar-refractivity contribution in [1.29, 1.82) is 5.26 Å². The molecule has 0 atom stereocenters. The van der Waals surface area contributed by atoms with Gasteiger partial charge >= 0.3 is 0 Å². The number of fused-ring (bicyclic) bond motifs is 1. The van der Waals surface area contributed by atoms with E-state index < -0.39 is 11.4 Å². The average molecular weight is 540 g/mol. The predicted molar refractivity (Wildman–Crippen MR) is 142 cm³/mol. The van der Waals surface area contributed by atoms with Gasteiger partial charge in [0.05, 0.1) is 51.2 Å². The Labute approximate surface area is 223 Å². The molecule has 0 amide bonds. The van der Waals surface area contributed by atoms with Crippen LogP contribution in [0.1, 0.15) is 49.9 Å². The topological polar surface area (TPSA) is 112 Å². The van der Waals surface area contributed by atoms with Crippen molar-refractivity contribution in [1.82, 2.24) is 20.0 Å². The van der Waals surface area contributed by atoms with Crippen molar-refractivity contribution in [2.45, 2.75) is 50.8 Å². The van der Waals surface area contributed by atoms with Crippen LogP contribution in [0, 0.1) is 17.1 Å². The Kier molecular flexibility index (Phi) is 6.90. The van der Waals surface area contributed by atoms with E-state index in [-0.39, 0.29) is 11.1 Å². The molecule has 1 saturated carbocycles. The standard InChI is InChI=1S/C26H24Cl2FN7O/c1-26(37)6-4-19(5-7-26)36-14-18(34-35-36)13-31-17-8-20-24(33-16-2-3-23(29)21(27)9-16)15(11-30)12-32-25(20)22(28)10-17/h2-3,8-10,12,14,19,31,37H,4-7,13H2,1H3,(H,32,33). The summed E-state index contributed by atoms with van der Waals surface area (Å²) in [6, 6.07) is 10.2. The molecular formula is C26H24Cl2FN7O. The second-order valence-corrected chi connectivity index (χ2v) is 10.4. The zero-order valence-electron chi connectivity index (χ0n) is 20.0. The summed E-state index contributed by atoms with van der Waals surface area (Å²) in [4.78, 5) is 4.36. The second kappa shape index (κ2) is 10.1.